The van der Waals surface area contributed by atoms with Crippen molar-refractivity contribution in [3.8, 4) is 0 Å². The summed E-state index contributed by atoms with van der Waals surface area (Å²) in [5.41, 5.74) is 0. The second-order valence-corrected chi connectivity index (χ2v) is 4.76. The molecule has 0 aliphatic carbocycles. The van der Waals surface area contributed by atoms with E-state index in [0.717, 1.165) is 32.2 Å². The van der Waals surface area contributed by atoms with Crippen LogP contribution < -0.4 is 5.32 Å². The molecule has 4 nitrogen and oxygen atoms in total. The first-order valence-electron chi connectivity index (χ1n) is 6.64. The third-order valence-electron chi connectivity index (χ3n) is 3.21. The smallest absolute Gasteiger partial charge is 0.237 e. The van der Waals surface area contributed by atoms with Gasteiger partial charge in [0.1, 0.15) is 0 Å². The molecule has 17 heavy (non-hydrogen) atoms. The number of amides is 1. The molecule has 1 amide bonds. The van der Waals surface area contributed by atoms with Gasteiger partial charge in [-0.3, -0.25) is 9.69 Å². The van der Waals surface area contributed by atoms with Gasteiger partial charge in [-0.15, -0.1) is 0 Å². The molecule has 0 aromatic heterocycles. The molecule has 0 heterocycles. The molecule has 0 saturated carbocycles. The Labute approximate surface area is 105 Å². The maximum Gasteiger partial charge on any atom is 0.237 e. The summed E-state index contributed by atoms with van der Waals surface area (Å²) in [6.45, 7) is 7.17. The van der Waals surface area contributed by atoms with E-state index >= 15 is 0 Å². The van der Waals surface area contributed by atoms with Crippen molar-refractivity contribution in [3.63, 3.8) is 0 Å². The lowest BCUT2D eigenvalue weighted by atomic mass is 10.2. The number of aliphatic hydroxyl groups is 1. The molecule has 0 fully saturated rings. The lowest BCUT2D eigenvalue weighted by molar-refractivity contribution is -0.126. The van der Waals surface area contributed by atoms with Crippen molar-refractivity contribution in [1.29, 1.82) is 0 Å². The van der Waals surface area contributed by atoms with Gasteiger partial charge >= 0.3 is 0 Å². The fourth-order valence-corrected chi connectivity index (χ4v) is 1.51. The molecule has 0 aromatic carbocycles. The van der Waals surface area contributed by atoms with Gasteiger partial charge in [0.15, 0.2) is 0 Å². The first kappa shape index (κ1) is 16.4. The summed E-state index contributed by atoms with van der Waals surface area (Å²) >= 11 is 0. The third-order valence-corrected chi connectivity index (χ3v) is 3.21. The normalized spacial score (nSPS) is 14.7. The number of carbonyl (C=O) groups excluding carboxylic acids is 1. The van der Waals surface area contributed by atoms with E-state index in [4.69, 9.17) is 5.11 Å². The van der Waals surface area contributed by atoms with Gasteiger partial charge in [-0.2, -0.15) is 0 Å². The zero-order valence-electron chi connectivity index (χ0n) is 11.7. The molecular weight excluding hydrogens is 216 g/mol. The summed E-state index contributed by atoms with van der Waals surface area (Å²) in [6, 6.07) is 0.158. The first-order valence-corrected chi connectivity index (χ1v) is 6.64. The van der Waals surface area contributed by atoms with Crippen LogP contribution in [0.1, 0.15) is 46.5 Å². The van der Waals surface area contributed by atoms with E-state index in [1.54, 1.807) is 0 Å². The van der Waals surface area contributed by atoms with E-state index in [-0.39, 0.29) is 24.6 Å². The summed E-state index contributed by atoms with van der Waals surface area (Å²) < 4.78 is 0. The van der Waals surface area contributed by atoms with Crippen molar-refractivity contribution in [2.24, 2.45) is 0 Å². The summed E-state index contributed by atoms with van der Waals surface area (Å²) in [4.78, 5) is 13.9. The summed E-state index contributed by atoms with van der Waals surface area (Å²) in [7, 11) is 1.97. The average Bonchev–Trinajstić information content (AvgIpc) is 2.33. The Balaban J connectivity index is 3.86. The van der Waals surface area contributed by atoms with Gasteiger partial charge in [0.25, 0.3) is 0 Å². The average molecular weight is 244 g/mol. The maximum atomic E-state index is 11.8. The number of nitrogens with one attached hydrogen (secondary N) is 1. The molecule has 2 unspecified atom stereocenters. The number of unbranched alkanes of at least 4 members (excludes halogenated alkanes) is 2. The lowest BCUT2D eigenvalue weighted by Crippen LogP contribution is -2.46. The van der Waals surface area contributed by atoms with Gasteiger partial charge < -0.3 is 10.4 Å². The minimum absolute atomic E-state index is 0.0851. The molecule has 0 rings (SSSR count). The largest absolute Gasteiger partial charge is 0.396 e. The zero-order valence-corrected chi connectivity index (χ0v) is 11.7. The molecule has 4 heteroatoms. The quantitative estimate of drug-likeness (QED) is 0.603. The molecule has 2 N–H and O–H groups in total. The van der Waals surface area contributed by atoms with Gasteiger partial charge in [-0.25, -0.2) is 0 Å². The van der Waals surface area contributed by atoms with Crippen LogP contribution in [-0.4, -0.2) is 48.2 Å². The van der Waals surface area contributed by atoms with E-state index in [1.165, 1.54) is 0 Å². The Bertz CT molecular complexity index is 210. The molecule has 102 valence electrons. The first-order chi connectivity index (χ1) is 8.02. The monoisotopic (exact) mass is 244 g/mol. The third kappa shape index (κ3) is 7.34. The minimum Gasteiger partial charge on any atom is -0.396 e. The molecule has 0 spiro atoms. The number of hydrogen-bond acceptors (Lipinski definition) is 3. The predicted octanol–water partition coefficient (Wildman–Crippen LogP) is 1.38. The van der Waals surface area contributed by atoms with E-state index < -0.39 is 0 Å². The summed E-state index contributed by atoms with van der Waals surface area (Å²) in [5.74, 6) is 0.101. The van der Waals surface area contributed by atoms with Crippen molar-refractivity contribution >= 4 is 5.91 Å². The topological polar surface area (TPSA) is 52.6 Å². The highest BCUT2D eigenvalue weighted by Gasteiger charge is 2.18. The number of hydrogen-bond donors (Lipinski definition) is 2. The van der Waals surface area contributed by atoms with Crippen LogP contribution in [0, 0.1) is 0 Å². The molecule has 0 saturated heterocycles. The summed E-state index contributed by atoms with van der Waals surface area (Å²) in [5, 5.41) is 11.7. The SMILES string of the molecule is CCC(C)NC(=O)C(C)N(C)CCCCCO. The molecule has 0 aromatic rings. The standard InChI is InChI=1S/C13H28N2O2/c1-5-11(2)14-13(17)12(3)15(4)9-7-6-8-10-16/h11-12,16H,5-10H2,1-4H3,(H,14,17). The number of rotatable bonds is 9. The van der Waals surface area contributed by atoms with Crippen molar-refractivity contribution in [3.05, 3.63) is 0 Å². The Hall–Kier alpha value is -0.610. The highest BCUT2D eigenvalue weighted by molar-refractivity contribution is 5.81. The van der Waals surface area contributed by atoms with Gasteiger partial charge in [0, 0.05) is 12.6 Å². The minimum atomic E-state index is -0.0851. The Morgan fingerprint density at radius 2 is 1.94 bits per heavy atom. The van der Waals surface area contributed by atoms with Crippen LogP contribution in [0.3, 0.4) is 0 Å². The van der Waals surface area contributed by atoms with Crippen molar-refractivity contribution < 1.29 is 9.90 Å². The van der Waals surface area contributed by atoms with Crippen LogP contribution in [0.15, 0.2) is 0 Å². The lowest BCUT2D eigenvalue weighted by Gasteiger charge is -2.25. The fourth-order valence-electron chi connectivity index (χ4n) is 1.51. The molecule has 0 radical (unpaired) electrons. The van der Waals surface area contributed by atoms with E-state index in [2.05, 4.69) is 17.1 Å². The van der Waals surface area contributed by atoms with Crippen LogP contribution >= 0.6 is 0 Å². The van der Waals surface area contributed by atoms with Crippen molar-refractivity contribution in [2.45, 2.75) is 58.5 Å². The zero-order chi connectivity index (χ0) is 13.3. The highest BCUT2D eigenvalue weighted by atomic mass is 16.2. The molecule has 0 bridgehead atoms. The Morgan fingerprint density at radius 3 is 2.47 bits per heavy atom. The second kappa shape index (κ2) is 9.42. The Kier molecular flexibility index (Phi) is 9.09. The number of aliphatic hydroxyl groups excluding tert-OH is 1. The van der Waals surface area contributed by atoms with Crippen LogP contribution in [0.4, 0.5) is 0 Å². The summed E-state index contributed by atoms with van der Waals surface area (Å²) in [6.07, 6.45) is 3.85. The van der Waals surface area contributed by atoms with E-state index in [0.29, 0.717) is 0 Å². The Morgan fingerprint density at radius 1 is 1.29 bits per heavy atom. The van der Waals surface area contributed by atoms with Crippen molar-refractivity contribution in [2.75, 3.05) is 20.2 Å². The van der Waals surface area contributed by atoms with E-state index in [9.17, 15) is 4.79 Å². The van der Waals surface area contributed by atoms with Gasteiger partial charge in [-0.1, -0.05) is 6.92 Å². The van der Waals surface area contributed by atoms with Crippen LogP contribution in [-0.2, 0) is 4.79 Å². The van der Waals surface area contributed by atoms with E-state index in [1.807, 2.05) is 20.9 Å². The number of likely N-dealkylation sites (N-methyl/N-ethyl adjacent to an activating group) is 1. The van der Waals surface area contributed by atoms with Crippen LogP contribution in [0.25, 0.3) is 0 Å². The highest BCUT2D eigenvalue weighted by Crippen LogP contribution is 2.02. The van der Waals surface area contributed by atoms with Gasteiger partial charge in [0.05, 0.1) is 6.04 Å². The molecule has 0 aliphatic rings. The van der Waals surface area contributed by atoms with Gasteiger partial charge in [0.2, 0.25) is 5.91 Å². The fraction of sp³-hybridized carbons (Fsp3) is 0.923. The number of carbonyl (C=O) groups is 1. The molecular formula is C13H28N2O2. The van der Waals surface area contributed by atoms with Crippen LogP contribution in [0.5, 0.6) is 0 Å². The van der Waals surface area contributed by atoms with Crippen LogP contribution in [0.2, 0.25) is 0 Å². The second-order valence-electron chi connectivity index (χ2n) is 4.76. The molecule has 2 atom stereocenters. The van der Waals surface area contributed by atoms with Gasteiger partial charge in [-0.05, 0) is 53.1 Å². The molecule has 0 aliphatic heterocycles. The maximum absolute atomic E-state index is 11.8. The van der Waals surface area contributed by atoms with Crippen molar-refractivity contribution in [1.82, 2.24) is 10.2 Å². The predicted molar refractivity (Wildman–Crippen MR) is 70.9 cm³/mol. The number of nitrogens with zero attached hydrogens (tertiary/aromatic N) is 1.